The summed E-state index contributed by atoms with van der Waals surface area (Å²) in [5, 5.41) is 11.2. The highest BCUT2D eigenvalue weighted by atomic mass is 16.1. The Hall–Kier alpha value is -2.63. The van der Waals surface area contributed by atoms with Gasteiger partial charge in [-0.3, -0.25) is 4.79 Å². The Balaban J connectivity index is 1.48. The fourth-order valence-corrected chi connectivity index (χ4v) is 3.13. The van der Waals surface area contributed by atoms with Gasteiger partial charge in [-0.05, 0) is 43.0 Å². The number of nitrogen functional groups attached to an aromatic ring is 1. The molecule has 3 N–H and O–H groups in total. The topological polar surface area (TPSA) is 84.1 Å². The van der Waals surface area contributed by atoms with Crippen LogP contribution in [0, 0.1) is 0 Å². The summed E-state index contributed by atoms with van der Waals surface area (Å²) < 4.78 is 0. The highest BCUT2D eigenvalue weighted by molar-refractivity contribution is 5.76. The van der Waals surface area contributed by atoms with E-state index in [4.69, 9.17) is 5.73 Å². The lowest BCUT2D eigenvalue weighted by Crippen LogP contribution is -2.40. The van der Waals surface area contributed by atoms with Gasteiger partial charge < -0.3 is 16.0 Å². The summed E-state index contributed by atoms with van der Waals surface area (Å²) in [5.41, 5.74) is 7.68. The minimum absolute atomic E-state index is 0.0595. The third kappa shape index (κ3) is 4.01. The molecule has 1 aliphatic heterocycles. The quantitative estimate of drug-likeness (QED) is 0.791. The van der Waals surface area contributed by atoms with E-state index in [0.717, 1.165) is 36.5 Å². The Bertz CT molecular complexity index is 676. The van der Waals surface area contributed by atoms with Gasteiger partial charge in [-0.25, -0.2) is 0 Å². The second kappa shape index (κ2) is 7.77. The molecule has 1 amide bonds. The van der Waals surface area contributed by atoms with Crippen molar-refractivity contribution in [2.75, 3.05) is 23.7 Å². The second-order valence-electron chi connectivity index (χ2n) is 6.07. The standard InChI is InChI=1S/C18H23N5O/c19-16-7-2-1-5-14(16)9-10-18(24)20-13-15-6-4-12-23(15)17-8-3-11-21-22-17/h1-3,5,7-8,11,15H,4,6,9-10,12-13,19H2,(H,20,24). The average molecular weight is 325 g/mol. The van der Waals surface area contributed by atoms with Crippen LogP contribution in [0.4, 0.5) is 11.5 Å². The van der Waals surface area contributed by atoms with E-state index in [9.17, 15) is 4.79 Å². The van der Waals surface area contributed by atoms with Gasteiger partial charge in [0.05, 0.1) is 0 Å². The fraction of sp³-hybridized carbons (Fsp3) is 0.389. The molecule has 0 radical (unpaired) electrons. The van der Waals surface area contributed by atoms with Gasteiger partial charge >= 0.3 is 0 Å². The molecule has 0 bridgehead atoms. The van der Waals surface area contributed by atoms with Crippen molar-refractivity contribution >= 4 is 17.4 Å². The molecule has 3 rings (SSSR count). The van der Waals surface area contributed by atoms with Gasteiger partial charge in [0, 0.05) is 37.4 Å². The molecule has 2 aromatic rings. The fourth-order valence-electron chi connectivity index (χ4n) is 3.13. The molecule has 126 valence electrons. The molecule has 1 fully saturated rings. The Labute approximate surface area is 142 Å². The number of hydrogen-bond acceptors (Lipinski definition) is 5. The van der Waals surface area contributed by atoms with Gasteiger partial charge in [-0.15, -0.1) is 5.10 Å². The third-order valence-electron chi connectivity index (χ3n) is 4.44. The SMILES string of the molecule is Nc1ccccc1CCC(=O)NCC1CCCN1c1cccnn1. The van der Waals surface area contributed by atoms with Crippen molar-refractivity contribution in [2.45, 2.75) is 31.7 Å². The smallest absolute Gasteiger partial charge is 0.220 e. The Kier molecular flexibility index (Phi) is 5.25. The molecule has 6 nitrogen and oxygen atoms in total. The van der Waals surface area contributed by atoms with Crippen molar-refractivity contribution in [1.29, 1.82) is 0 Å². The van der Waals surface area contributed by atoms with Crippen LogP contribution < -0.4 is 16.0 Å². The number of carbonyl (C=O) groups excluding carboxylic acids is 1. The van der Waals surface area contributed by atoms with E-state index in [1.165, 1.54) is 0 Å². The molecule has 0 aliphatic carbocycles. The molecule has 6 heteroatoms. The van der Waals surface area contributed by atoms with E-state index in [0.29, 0.717) is 19.4 Å². The van der Waals surface area contributed by atoms with E-state index >= 15 is 0 Å². The largest absolute Gasteiger partial charge is 0.399 e. The average Bonchev–Trinajstić information content (AvgIpc) is 3.08. The predicted molar refractivity (Wildman–Crippen MR) is 94.6 cm³/mol. The summed E-state index contributed by atoms with van der Waals surface area (Å²) >= 11 is 0. The van der Waals surface area contributed by atoms with Crippen molar-refractivity contribution in [1.82, 2.24) is 15.5 Å². The molecular weight excluding hydrogens is 302 g/mol. The summed E-state index contributed by atoms with van der Waals surface area (Å²) in [6.07, 6.45) is 4.95. The van der Waals surface area contributed by atoms with Crippen LogP contribution in [0.25, 0.3) is 0 Å². The molecule has 24 heavy (non-hydrogen) atoms. The Morgan fingerprint density at radius 2 is 2.17 bits per heavy atom. The number of aryl methyl sites for hydroxylation is 1. The van der Waals surface area contributed by atoms with Gasteiger partial charge in [0.15, 0.2) is 5.82 Å². The van der Waals surface area contributed by atoms with Crippen molar-refractivity contribution in [3.63, 3.8) is 0 Å². The van der Waals surface area contributed by atoms with Crippen molar-refractivity contribution < 1.29 is 4.79 Å². The van der Waals surface area contributed by atoms with Crippen LogP contribution in [-0.4, -0.2) is 35.2 Å². The first kappa shape index (κ1) is 16.2. The second-order valence-corrected chi connectivity index (χ2v) is 6.07. The molecular formula is C18H23N5O. The lowest BCUT2D eigenvalue weighted by atomic mass is 10.1. The Morgan fingerprint density at radius 3 is 2.96 bits per heavy atom. The van der Waals surface area contributed by atoms with Crippen LogP contribution in [0.5, 0.6) is 0 Å². The molecule has 1 aliphatic rings. The lowest BCUT2D eigenvalue weighted by Gasteiger charge is -2.25. The summed E-state index contributed by atoms with van der Waals surface area (Å²) in [5.74, 6) is 0.940. The predicted octanol–water partition coefficient (Wildman–Crippen LogP) is 1.78. The Morgan fingerprint density at radius 1 is 1.29 bits per heavy atom. The number of rotatable bonds is 6. The number of amides is 1. The van der Waals surface area contributed by atoms with Gasteiger partial charge in [-0.2, -0.15) is 5.10 Å². The van der Waals surface area contributed by atoms with E-state index in [1.807, 2.05) is 36.4 Å². The molecule has 2 heterocycles. The minimum Gasteiger partial charge on any atom is -0.399 e. The van der Waals surface area contributed by atoms with Gasteiger partial charge in [0.1, 0.15) is 0 Å². The first-order valence-electron chi connectivity index (χ1n) is 8.38. The maximum absolute atomic E-state index is 12.1. The molecule has 1 aromatic carbocycles. The summed E-state index contributed by atoms with van der Waals surface area (Å²) in [7, 11) is 0. The van der Waals surface area contributed by atoms with Gasteiger partial charge in [-0.1, -0.05) is 18.2 Å². The van der Waals surface area contributed by atoms with E-state index < -0.39 is 0 Å². The number of benzene rings is 1. The summed E-state index contributed by atoms with van der Waals surface area (Å²) in [4.78, 5) is 14.4. The number of hydrogen-bond donors (Lipinski definition) is 2. The number of nitrogens with two attached hydrogens (primary N) is 1. The zero-order valence-corrected chi connectivity index (χ0v) is 13.7. The monoisotopic (exact) mass is 325 g/mol. The molecule has 1 saturated heterocycles. The van der Waals surface area contributed by atoms with Crippen LogP contribution in [0.15, 0.2) is 42.6 Å². The van der Waals surface area contributed by atoms with E-state index in [2.05, 4.69) is 20.4 Å². The van der Waals surface area contributed by atoms with Gasteiger partial charge in [0.25, 0.3) is 0 Å². The highest BCUT2D eigenvalue weighted by Crippen LogP contribution is 2.22. The lowest BCUT2D eigenvalue weighted by molar-refractivity contribution is -0.121. The number of anilines is 2. The number of nitrogens with one attached hydrogen (secondary N) is 1. The van der Waals surface area contributed by atoms with Crippen LogP contribution in [0.1, 0.15) is 24.8 Å². The molecule has 0 spiro atoms. The van der Waals surface area contributed by atoms with Crippen molar-refractivity contribution in [3.05, 3.63) is 48.2 Å². The van der Waals surface area contributed by atoms with E-state index in [1.54, 1.807) is 6.20 Å². The molecule has 1 atom stereocenters. The minimum atomic E-state index is 0.0595. The first-order chi connectivity index (χ1) is 11.7. The van der Waals surface area contributed by atoms with E-state index in [-0.39, 0.29) is 11.9 Å². The zero-order chi connectivity index (χ0) is 16.8. The number of nitrogens with zero attached hydrogens (tertiary/aromatic N) is 3. The third-order valence-corrected chi connectivity index (χ3v) is 4.44. The normalized spacial score (nSPS) is 17.0. The molecule has 1 unspecified atom stereocenters. The van der Waals surface area contributed by atoms with Gasteiger partial charge in [0.2, 0.25) is 5.91 Å². The maximum Gasteiger partial charge on any atom is 0.220 e. The van der Waals surface area contributed by atoms with Crippen LogP contribution in [0.2, 0.25) is 0 Å². The zero-order valence-electron chi connectivity index (χ0n) is 13.7. The highest BCUT2D eigenvalue weighted by Gasteiger charge is 2.26. The van der Waals surface area contributed by atoms with Crippen molar-refractivity contribution in [2.24, 2.45) is 0 Å². The maximum atomic E-state index is 12.1. The van der Waals surface area contributed by atoms with Crippen LogP contribution in [-0.2, 0) is 11.2 Å². The number of aromatic nitrogens is 2. The first-order valence-corrected chi connectivity index (χ1v) is 8.38. The van der Waals surface area contributed by atoms with Crippen molar-refractivity contribution in [3.8, 4) is 0 Å². The summed E-state index contributed by atoms with van der Waals surface area (Å²) in [6, 6.07) is 11.8. The van der Waals surface area contributed by atoms with Crippen LogP contribution in [0.3, 0.4) is 0 Å². The summed E-state index contributed by atoms with van der Waals surface area (Å²) in [6.45, 7) is 1.60. The molecule has 1 aromatic heterocycles. The molecule has 0 saturated carbocycles. The number of para-hydroxylation sites is 1. The number of carbonyl (C=O) groups is 1. The van der Waals surface area contributed by atoms with Crippen LogP contribution >= 0.6 is 0 Å².